The first-order valence-corrected chi connectivity index (χ1v) is 8.11. The molecule has 8 nitrogen and oxygen atoms in total. The summed E-state index contributed by atoms with van der Waals surface area (Å²) in [6.07, 6.45) is 0. The Morgan fingerprint density at radius 1 is 1.62 bits per heavy atom. The molecule has 0 aliphatic carbocycles. The monoisotopic (exact) mass is 328 g/mol. The molecule has 1 amide bonds. The van der Waals surface area contributed by atoms with Gasteiger partial charge in [-0.05, 0) is 5.57 Å². The Bertz CT molecular complexity index is 644. The quantitative estimate of drug-likeness (QED) is 0.583. The van der Waals surface area contributed by atoms with Crippen LogP contribution in [0.5, 0.6) is 0 Å². The molecule has 1 aromatic heterocycles. The third-order valence-corrected chi connectivity index (χ3v) is 5.43. The normalized spacial score (nSPS) is 24.9. The standard InChI is InChI=1S/C11H12N4O4S2/c1-4-13-14-11(19-4)21-3-5-2-20-9-6(12)8(16)15(9)7(5)10(17)18/h6,9H,2-3,12H2,1H3,(H,17,18)/t6?,9-/m1/s1. The zero-order valence-corrected chi connectivity index (χ0v) is 12.6. The second-order valence-electron chi connectivity index (χ2n) is 4.57. The Balaban J connectivity index is 1.81. The van der Waals surface area contributed by atoms with Crippen molar-refractivity contribution in [3.63, 3.8) is 0 Å². The molecule has 112 valence electrons. The maximum atomic E-state index is 11.8. The van der Waals surface area contributed by atoms with Crippen LogP contribution >= 0.6 is 23.5 Å². The number of thioether (sulfide) groups is 2. The number of nitrogens with zero attached hydrogens (tertiary/aromatic N) is 3. The van der Waals surface area contributed by atoms with Crippen LogP contribution in [0.1, 0.15) is 5.89 Å². The molecule has 2 aliphatic heterocycles. The van der Waals surface area contributed by atoms with Gasteiger partial charge in [-0.2, -0.15) is 0 Å². The van der Waals surface area contributed by atoms with Gasteiger partial charge < -0.3 is 15.3 Å². The molecule has 3 rings (SSSR count). The number of carbonyl (C=O) groups excluding carboxylic acids is 1. The molecular formula is C11H12N4O4S2. The Kier molecular flexibility index (Phi) is 3.68. The fourth-order valence-electron chi connectivity index (χ4n) is 2.18. The maximum absolute atomic E-state index is 11.8. The summed E-state index contributed by atoms with van der Waals surface area (Å²) in [5.74, 6) is -0.114. The number of carboxylic acid groups (broad SMARTS) is 1. The van der Waals surface area contributed by atoms with Crippen LogP contribution < -0.4 is 5.73 Å². The van der Waals surface area contributed by atoms with E-state index >= 15 is 0 Å². The number of β-lactam (4-membered cyclic amide) rings is 1. The number of aryl methyl sites for hydroxylation is 1. The van der Waals surface area contributed by atoms with Gasteiger partial charge in [0.2, 0.25) is 11.8 Å². The molecule has 0 saturated carbocycles. The van der Waals surface area contributed by atoms with Gasteiger partial charge in [0.05, 0.1) is 0 Å². The molecule has 1 saturated heterocycles. The van der Waals surface area contributed by atoms with Crippen molar-refractivity contribution in [2.24, 2.45) is 5.73 Å². The Hall–Kier alpha value is -1.52. The fourth-order valence-corrected chi connectivity index (χ4v) is 4.41. The first kappa shape index (κ1) is 14.4. The van der Waals surface area contributed by atoms with Crippen LogP contribution in [0.2, 0.25) is 0 Å². The van der Waals surface area contributed by atoms with Gasteiger partial charge in [0.15, 0.2) is 0 Å². The number of rotatable bonds is 4. The van der Waals surface area contributed by atoms with Gasteiger partial charge in [0, 0.05) is 18.4 Å². The highest BCUT2D eigenvalue weighted by atomic mass is 32.2. The van der Waals surface area contributed by atoms with Crippen molar-refractivity contribution >= 4 is 35.4 Å². The average Bonchev–Trinajstić information content (AvgIpc) is 2.88. The third-order valence-electron chi connectivity index (χ3n) is 3.17. The highest BCUT2D eigenvalue weighted by molar-refractivity contribution is 8.01. The van der Waals surface area contributed by atoms with Crippen molar-refractivity contribution in [2.75, 3.05) is 11.5 Å². The van der Waals surface area contributed by atoms with Crippen LogP contribution in [-0.2, 0) is 9.59 Å². The largest absolute Gasteiger partial charge is 0.477 e. The minimum absolute atomic E-state index is 0.0363. The zero-order valence-electron chi connectivity index (χ0n) is 11.0. The number of fused-ring (bicyclic) bond motifs is 1. The topological polar surface area (TPSA) is 123 Å². The molecule has 2 aliphatic rings. The van der Waals surface area contributed by atoms with Crippen molar-refractivity contribution in [2.45, 2.75) is 23.6 Å². The van der Waals surface area contributed by atoms with E-state index in [2.05, 4.69) is 10.2 Å². The number of amides is 1. The van der Waals surface area contributed by atoms with Crippen molar-refractivity contribution in [1.29, 1.82) is 0 Å². The zero-order chi connectivity index (χ0) is 15.1. The fraction of sp³-hybridized carbons (Fsp3) is 0.455. The number of aromatic nitrogens is 2. The van der Waals surface area contributed by atoms with Gasteiger partial charge in [-0.1, -0.05) is 11.8 Å². The van der Waals surface area contributed by atoms with E-state index in [0.717, 1.165) is 0 Å². The lowest BCUT2D eigenvalue weighted by Crippen LogP contribution is -2.68. The minimum atomic E-state index is -1.11. The van der Waals surface area contributed by atoms with Crippen LogP contribution in [-0.4, -0.2) is 55.0 Å². The summed E-state index contributed by atoms with van der Waals surface area (Å²) in [6.45, 7) is 1.68. The molecule has 21 heavy (non-hydrogen) atoms. The SMILES string of the molecule is Cc1nnc(SCC2=C(C(=O)O)N3C(=O)C(N)[C@H]3SC2)o1. The summed E-state index contributed by atoms with van der Waals surface area (Å²) in [7, 11) is 0. The molecule has 1 fully saturated rings. The number of aliphatic carboxylic acids is 1. The molecule has 0 radical (unpaired) electrons. The van der Waals surface area contributed by atoms with Crippen LogP contribution in [0.15, 0.2) is 20.9 Å². The molecule has 1 aromatic rings. The molecule has 10 heteroatoms. The molecular weight excluding hydrogens is 316 g/mol. The first-order chi connectivity index (χ1) is 9.99. The Morgan fingerprint density at radius 2 is 2.38 bits per heavy atom. The average molecular weight is 328 g/mol. The number of carboxylic acids is 1. The summed E-state index contributed by atoms with van der Waals surface area (Å²) in [6, 6.07) is -0.614. The van der Waals surface area contributed by atoms with E-state index in [1.165, 1.54) is 28.4 Å². The van der Waals surface area contributed by atoms with Crippen LogP contribution in [0.3, 0.4) is 0 Å². The highest BCUT2D eigenvalue weighted by Gasteiger charge is 2.51. The first-order valence-electron chi connectivity index (χ1n) is 6.07. The number of nitrogens with two attached hydrogens (primary N) is 1. The van der Waals surface area contributed by atoms with Crippen LogP contribution in [0.25, 0.3) is 0 Å². The van der Waals surface area contributed by atoms with E-state index in [1.807, 2.05) is 0 Å². The van der Waals surface area contributed by atoms with Crippen molar-refractivity contribution in [3.8, 4) is 0 Å². The minimum Gasteiger partial charge on any atom is -0.477 e. The van der Waals surface area contributed by atoms with Crippen molar-refractivity contribution in [3.05, 3.63) is 17.2 Å². The summed E-state index contributed by atoms with van der Waals surface area (Å²) in [5, 5.41) is 17.0. The lowest BCUT2D eigenvalue weighted by molar-refractivity contribution is -0.147. The van der Waals surface area contributed by atoms with Crippen LogP contribution in [0.4, 0.5) is 0 Å². The second-order valence-corrected chi connectivity index (χ2v) is 6.60. The third kappa shape index (κ3) is 2.43. The van der Waals surface area contributed by atoms with E-state index < -0.39 is 12.0 Å². The van der Waals surface area contributed by atoms with Gasteiger partial charge in [-0.25, -0.2) is 4.79 Å². The smallest absolute Gasteiger partial charge is 0.352 e. The lowest BCUT2D eigenvalue weighted by Gasteiger charge is -2.48. The van der Waals surface area contributed by atoms with Crippen molar-refractivity contribution in [1.82, 2.24) is 15.1 Å². The van der Waals surface area contributed by atoms with E-state index in [-0.39, 0.29) is 17.0 Å². The van der Waals surface area contributed by atoms with E-state index in [0.29, 0.717) is 28.2 Å². The molecule has 3 heterocycles. The second kappa shape index (κ2) is 5.35. The lowest BCUT2D eigenvalue weighted by atomic mass is 10.0. The number of hydrogen-bond donors (Lipinski definition) is 2. The van der Waals surface area contributed by atoms with E-state index in [9.17, 15) is 14.7 Å². The predicted octanol–water partition coefficient (Wildman–Crippen LogP) is 0.0512. The summed E-state index contributed by atoms with van der Waals surface area (Å²) in [5.41, 5.74) is 6.38. The van der Waals surface area contributed by atoms with Gasteiger partial charge in [0.1, 0.15) is 17.1 Å². The van der Waals surface area contributed by atoms with E-state index in [4.69, 9.17) is 10.2 Å². The van der Waals surface area contributed by atoms with Gasteiger partial charge in [-0.15, -0.1) is 22.0 Å². The Morgan fingerprint density at radius 3 is 3.00 bits per heavy atom. The summed E-state index contributed by atoms with van der Waals surface area (Å²) in [4.78, 5) is 24.5. The number of carbonyl (C=O) groups is 2. The molecule has 0 aromatic carbocycles. The predicted molar refractivity (Wildman–Crippen MR) is 75.5 cm³/mol. The van der Waals surface area contributed by atoms with E-state index in [1.54, 1.807) is 6.92 Å². The number of hydrogen-bond acceptors (Lipinski definition) is 8. The molecule has 2 atom stereocenters. The Labute approximate surface area is 128 Å². The summed E-state index contributed by atoms with van der Waals surface area (Å²) >= 11 is 2.73. The van der Waals surface area contributed by atoms with Gasteiger partial charge >= 0.3 is 5.97 Å². The van der Waals surface area contributed by atoms with Gasteiger partial charge in [0.25, 0.3) is 5.22 Å². The molecule has 3 N–H and O–H groups in total. The van der Waals surface area contributed by atoms with Crippen LogP contribution in [0, 0.1) is 6.92 Å². The maximum Gasteiger partial charge on any atom is 0.352 e. The molecule has 0 bridgehead atoms. The molecule has 1 unspecified atom stereocenters. The van der Waals surface area contributed by atoms with Gasteiger partial charge in [-0.3, -0.25) is 9.69 Å². The highest BCUT2D eigenvalue weighted by Crippen LogP contribution is 2.40. The summed E-state index contributed by atoms with van der Waals surface area (Å²) < 4.78 is 5.23. The van der Waals surface area contributed by atoms with Crippen molar-refractivity contribution < 1.29 is 19.1 Å². The molecule has 0 spiro atoms.